The van der Waals surface area contributed by atoms with Crippen LogP contribution in [0, 0.1) is 6.92 Å². The molecule has 0 N–H and O–H groups in total. The summed E-state index contributed by atoms with van der Waals surface area (Å²) in [5, 5.41) is 0. The predicted molar refractivity (Wildman–Crippen MR) is 96.3 cm³/mol. The van der Waals surface area contributed by atoms with E-state index in [9.17, 15) is 8.42 Å². The van der Waals surface area contributed by atoms with Gasteiger partial charge in [0.1, 0.15) is 0 Å². The lowest BCUT2D eigenvalue weighted by molar-refractivity contribution is 0.385. The lowest BCUT2D eigenvalue weighted by Gasteiger charge is -2.35. The Balaban J connectivity index is 1.72. The van der Waals surface area contributed by atoms with Gasteiger partial charge in [-0.1, -0.05) is 28.1 Å². The molecule has 0 amide bonds. The second kappa shape index (κ2) is 6.63. The number of nitrogens with zero attached hydrogens (tertiary/aromatic N) is 2. The molecule has 0 radical (unpaired) electrons. The van der Waals surface area contributed by atoms with Gasteiger partial charge in [0, 0.05) is 36.3 Å². The summed E-state index contributed by atoms with van der Waals surface area (Å²) in [6.07, 6.45) is 0. The summed E-state index contributed by atoms with van der Waals surface area (Å²) in [5.41, 5.74) is 2.08. The highest BCUT2D eigenvalue weighted by Crippen LogP contribution is 2.23. The summed E-state index contributed by atoms with van der Waals surface area (Å²) in [5.74, 6) is 0. The van der Waals surface area contributed by atoms with Crippen molar-refractivity contribution in [2.45, 2.75) is 11.8 Å². The van der Waals surface area contributed by atoms with Crippen molar-refractivity contribution < 1.29 is 8.42 Å². The molecule has 0 aromatic heterocycles. The van der Waals surface area contributed by atoms with Gasteiger partial charge < -0.3 is 4.90 Å². The molecule has 6 heteroatoms. The van der Waals surface area contributed by atoms with Crippen molar-refractivity contribution in [2.75, 3.05) is 31.1 Å². The summed E-state index contributed by atoms with van der Waals surface area (Å²) >= 11 is 3.43. The average Bonchev–Trinajstić information content (AvgIpc) is 2.56. The molecule has 0 saturated carbocycles. The highest BCUT2D eigenvalue weighted by molar-refractivity contribution is 9.10. The van der Waals surface area contributed by atoms with Crippen LogP contribution in [-0.4, -0.2) is 38.9 Å². The molecule has 23 heavy (non-hydrogen) atoms. The van der Waals surface area contributed by atoms with Crippen molar-refractivity contribution in [3.05, 3.63) is 58.6 Å². The van der Waals surface area contributed by atoms with Crippen LogP contribution in [0.25, 0.3) is 0 Å². The number of sulfonamides is 1. The van der Waals surface area contributed by atoms with E-state index in [1.165, 1.54) is 0 Å². The van der Waals surface area contributed by atoms with Gasteiger partial charge >= 0.3 is 0 Å². The minimum atomic E-state index is -3.40. The predicted octanol–water partition coefficient (Wildman–Crippen LogP) is 3.27. The van der Waals surface area contributed by atoms with Gasteiger partial charge in [-0.3, -0.25) is 0 Å². The molecule has 1 heterocycles. The van der Waals surface area contributed by atoms with Crippen LogP contribution in [0.3, 0.4) is 0 Å². The van der Waals surface area contributed by atoms with Gasteiger partial charge in [0.2, 0.25) is 10.0 Å². The third-order valence-corrected chi connectivity index (χ3v) is 6.48. The smallest absolute Gasteiger partial charge is 0.243 e. The Labute approximate surface area is 145 Å². The van der Waals surface area contributed by atoms with Crippen molar-refractivity contribution in [3.8, 4) is 0 Å². The Morgan fingerprint density at radius 3 is 2.22 bits per heavy atom. The first kappa shape index (κ1) is 16.5. The van der Waals surface area contributed by atoms with Crippen LogP contribution >= 0.6 is 15.9 Å². The lowest BCUT2D eigenvalue weighted by Crippen LogP contribution is -2.48. The van der Waals surface area contributed by atoms with E-state index in [1.807, 2.05) is 25.1 Å². The number of hydrogen-bond acceptors (Lipinski definition) is 3. The number of aryl methyl sites for hydroxylation is 1. The maximum atomic E-state index is 12.7. The third kappa shape index (κ3) is 3.59. The van der Waals surface area contributed by atoms with Crippen molar-refractivity contribution in [1.29, 1.82) is 0 Å². The zero-order chi connectivity index (χ0) is 16.4. The minimum absolute atomic E-state index is 0.384. The van der Waals surface area contributed by atoms with E-state index in [0.29, 0.717) is 31.1 Å². The van der Waals surface area contributed by atoms with Gasteiger partial charge in [0.25, 0.3) is 0 Å². The summed E-state index contributed by atoms with van der Waals surface area (Å²) in [6.45, 7) is 4.32. The number of piperazine rings is 1. The number of anilines is 1. The number of rotatable bonds is 3. The van der Waals surface area contributed by atoms with Gasteiger partial charge in [0.15, 0.2) is 0 Å². The third-order valence-electron chi connectivity index (χ3n) is 4.06. The van der Waals surface area contributed by atoms with E-state index in [1.54, 1.807) is 22.5 Å². The zero-order valence-electron chi connectivity index (χ0n) is 12.9. The van der Waals surface area contributed by atoms with E-state index < -0.39 is 10.0 Å². The van der Waals surface area contributed by atoms with E-state index in [2.05, 4.69) is 33.0 Å². The van der Waals surface area contributed by atoms with Crippen molar-refractivity contribution in [3.63, 3.8) is 0 Å². The van der Waals surface area contributed by atoms with Crippen molar-refractivity contribution >= 4 is 31.6 Å². The Hall–Kier alpha value is -1.37. The lowest BCUT2D eigenvalue weighted by atomic mass is 10.2. The number of halogens is 1. The van der Waals surface area contributed by atoms with Crippen LogP contribution < -0.4 is 4.90 Å². The Morgan fingerprint density at radius 2 is 1.61 bits per heavy atom. The second-order valence-corrected chi connectivity index (χ2v) is 8.54. The van der Waals surface area contributed by atoms with E-state index in [0.717, 1.165) is 15.7 Å². The van der Waals surface area contributed by atoms with Crippen LogP contribution in [-0.2, 0) is 10.0 Å². The first-order valence-corrected chi connectivity index (χ1v) is 9.77. The van der Waals surface area contributed by atoms with E-state index in [-0.39, 0.29) is 0 Å². The molecule has 0 spiro atoms. The molecule has 2 aromatic rings. The fraction of sp³-hybridized carbons (Fsp3) is 0.294. The summed E-state index contributed by atoms with van der Waals surface area (Å²) in [4.78, 5) is 2.60. The van der Waals surface area contributed by atoms with Gasteiger partial charge in [-0.05, 0) is 48.9 Å². The van der Waals surface area contributed by atoms with Gasteiger partial charge in [-0.15, -0.1) is 0 Å². The molecule has 1 fully saturated rings. The Kier molecular flexibility index (Phi) is 4.75. The number of benzene rings is 2. The first-order valence-electron chi connectivity index (χ1n) is 7.54. The standard InChI is InChI=1S/C17H19BrN2O2S/c1-14-3-2-4-17(13-14)23(21,22)20-11-9-19(10-12-20)16-7-5-15(18)6-8-16/h2-8,13H,9-12H2,1H3. The molecule has 1 saturated heterocycles. The molecule has 0 atom stereocenters. The van der Waals surface area contributed by atoms with Crippen LogP contribution in [0.15, 0.2) is 57.9 Å². The first-order chi connectivity index (χ1) is 11.0. The highest BCUT2D eigenvalue weighted by Gasteiger charge is 2.28. The molecule has 0 bridgehead atoms. The maximum Gasteiger partial charge on any atom is 0.243 e. The second-order valence-electron chi connectivity index (χ2n) is 5.68. The van der Waals surface area contributed by atoms with Gasteiger partial charge in [-0.25, -0.2) is 8.42 Å². The van der Waals surface area contributed by atoms with Crippen LogP contribution in [0.1, 0.15) is 5.56 Å². The normalized spacial score (nSPS) is 16.5. The maximum absolute atomic E-state index is 12.7. The highest BCUT2D eigenvalue weighted by atomic mass is 79.9. The largest absolute Gasteiger partial charge is 0.369 e. The average molecular weight is 395 g/mol. The van der Waals surface area contributed by atoms with Crippen molar-refractivity contribution in [1.82, 2.24) is 4.31 Å². The fourth-order valence-corrected chi connectivity index (χ4v) is 4.56. The molecular formula is C17H19BrN2O2S. The molecular weight excluding hydrogens is 376 g/mol. The van der Waals surface area contributed by atoms with E-state index >= 15 is 0 Å². The Morgan fingerprint density at radius 1 is 0.957 bits per heavy atom. The quantitative estimate of drug-likeness (QED) is 0.801. The molecule has 1 aliphatic rings. The molecule has 122 valence electrons. The van der Waals surface area contributed by atoms with Crippen molar-refractivity contribution in [2.24, 2.45) is 0 Å². The zero-order valence-corrected chi connectivity index (χ0v) is 15.3. The molecule has 1 aliphatic heterocycles. The SMILES string of the molecule is Cc1cccc(S(=O)(=O)N2CCN(c3ccc(Br)cc3)CC2)c1. The van der Waals surface area contributed by atoms with Gasteiger partial charge in [-0.2, -0.15) is 4.31 Å². The summed E-state index contributed by atoms with van der Waals surface area (Å²) in [6, 6.07) is 15.2. The van der Waals surface area contributed by atoms with Crippen LogP contribution in [0.5, 0.6) is 0 Å². The van der Waals surface area contributed by atoms with Gasteiger partial charge in [0.05, 0.1) is 4.90 Å². The van der Waals surface area contributed by atoms with E-state index in [4.69, 9.17) is 0 Å². The minimum Gasteiger partial charge on any atom is -0.369 e. The summed E-state index contributed by atoms with van der Waals surface area (Å²) < 4.78 is 28.1. The topological polar surface area (TPSA) is 40.6 Å². The molecule has 4 nitrogen and oxygen atoms in total. The summed E-state index contributed by atoms with van der Waals surface area (Å²) in [7, 11) is -3.40. The number of hydrogen-bond donors (Lipinski definition) is 0. The van der Waals surface area contributed by atoms with Crippen LogP contribution in [0.2, 0.25) is 0 Å². The fourth-order valence-electron chi connectivity index (χ4n) is 2.76. The molecule has 0 unspecified atom stereocenters. The van der Waals surface area contributed by atoms with Crippen LogP contribution in [0.4, 0.5) is 5.69 Å². The Bertz CT molecular complexity index is 782. The molecule has 0 aliphatic carbocycles. The molecule has 3 rings (SSSR count). The monoisotopic (exact) mass is 394 g/mol. The molecule has 2 aromatic carbocycles.